The average Bonchev–Trinajstić information content (AvgIpc) is 2.99. The van der Waals surface area contributed by atoms with E-state index in [0.29, 0.717) is 5.82 Å². The van der Waals surface area contributed by atoms with Gasteiger partial charge in [0, 0.05) is 17.7 Å². The molecule has 0 bridgehead atoms. The molecule has 0 saturated heterocycles. The standard InChI is InChI=1S/C12H11N5O2S/c1-2-3-10-15-16-11(13-14-12(16)20-10)8-4-6-9(7-5-8)17(18)19/h2-7,10,15H,1H3/b3-2+. The summed E-state index contributed by atoms with van der Waals surface area (Å²) in [5, 5.41) is 19.8. The summed E-state index contributed by atoms with van der Waals surface area (Å²) in [6.07, 6.45) is 4.00. The van der Waals surface area contributed by atoms with Gasteiger partial charge in [-0.05, 0) is 19.1 Å². The third-order valence-corrected chi connectivity index (χ3v) is 3.82. The number of allylic oxidation sites excluding steroid dienone is 1. The Labute approximate surface area is 118 Å². The molecule has 0 spiro atoms. The number of nitrogens with one attached hydrogen (secondary N) is 1. The number of thioether (sulfide) groups is 1. The van der Waals surface area contributed by atoms with Gasteiger partial charge in [0.25, 0.3) is 5.69 Å². The van der Waals surface area contributed by atoms with E-state index in [9.17, 15) is 10.1 Å². The van der Waals surface area contributed by atoms with Gasteiger partial charge in [-0.2, -0.15) is 0 Å². The van der Waals surface area contributed by atoms with Gasteiger partial charge < -0.3 is 5.43 Å². The highest BCUT2D eigenvalue weighted by Gasteiger charge is 2.25. The minimum atomic E-state index is -0.422. The van der Waals surface area contributed by atoms with Crippen LogP contribution in [0.5, 0.6) is 0 Å². The monoisotopic (exact) mass is 289 g/mol. The highest BCUT2D eigenvalue weighted by atomic mass is 32.2. The van der Waals surface area contributed by atoms with Crippen LogP contribution in [0.1, 0.15) is 6.92 Å². The zero-order valence-electron chi connectivity index (χ0n) is 10.6. The van der Waals surface area contributed by atoms with Crippen LogP contribution in [0.3, 0.4) is 0 Å². The Hall–Kier alpha value is -2.35. The van der Waals surface area contributed by atoms with E-state index < -0.39 is 4.92 Å². The lowest BCUT2D eigenvalue weighted by Crippen LogP contribution is -2.17. The molecule has 0 radical (unpaired) electrons. The van der Waals surface area contributed by atoms with Crippen molar-refractivity contribution in [2.75, 3.05) is 5.43 Å². The first-order valence-electron chi connectivity index (χ1n) is 5.95. The molecule has 1 N–H and O–H groups in total. The molecule has 8 heteroatoms. The molecule has 2 heterocycles. The second kappa shape index (κ2) is 4.97. The number of aromatic nitrogens is 3. The minimum absolute atomic E-state index is 0.0593. The molecule has 102 valence electrons. The van der Waals surface area contributed by atoms with Crippen molar-refractivity contribution in [2.24, 2.45) is 0 Å². The fourth-order valence-electron chi connectivity index (χ4n) is 1.91. The quantitative estimate of drug-likeness (QED) is 0.530. The topological polar surface area (TPSA) is 85.9 Å². The molecule has 0 amide bonds. The van der Waals surface area contributed by atoms with Crippen LogP contribution in [-0.2, 0) is 0 Å². The van der Waals surface area contributed by atoms with E-state index in [1.807, 2.05) is 19.1 Å². The summed E-state index contributed by atoms with van der Waals surface area (Å²) in [6.45, 7) is 1.96. The van der Waals surface area contributed by atoms with Crippen molar-refractivity contribution in [3.63, 3.8) is 0 Å². The SMILES string of the molecule is C/C=C/C1Nn2c(nnc2-c2ccc([N+](=O)[O-])cc2)S1. The summed E-state index contributed by atoms with van der Waals surface area (Å²) in [6, 6.07) is 6.26. The van der Waals surface area contributed by atoms with Crippen LogP contribution >= 0.6 is 11.8 Å². The Morgan fingerprint density at radius 2 is 2.15 bits per heavy atom. The Morgan fingerprint density at radius 3 is 2.80 bits per heavy atom. The van der Waals surface area contributed by atoms with E-state index in [2.05, 4.69) is 15.6 Å². The molecule has 1 aromatic heterocycles. The molecule has 0 fully saturated rings. The average molecular weight is 289 g/mol. The van der Waals surface area contributed by atoms with Crippen molar-refractivity contribution in [1.29, 1.82) is 0 Å². The zero-order valence-corrected chi connectivity index (χ0v) is 11.4. The lowest BCUT2D eigenvalue weighted by molar-refractivity contribution is -0.384. The van der Waals surface area contributed by atoms with E-state index in [4.69, 9.17) is 0 Å². The summed E-state index contributed by atoms with van der Waals surface area (Å²) in [5.41, 5.74) is 4.09. The normalized spacial score (nSPS) is 17.1. The maximum Gasteiger partial charge on any atom is 0.269 e. The number of hydrogen-bond donors (Lipinski definition) is 1. The number of hydrogen-bond acceptors (Lipinski definition) is 6. The van der Waals surface area contributed by atoms with Gasteiger partial charge in [-0.1, -0.05) is 23.9 Å². The van der Waals surface area contributed by atoms with Crippen molar-refractivity contribution in [3.8, 4) is 11.4 Å². The van der Waals surface area contributed by atoms with Crippen molar-refractivity contribution in [3.05, 3.63) is 46.5 Å². The van der Waals surface area contributed by atoms with Crippen LogP contribution in [-0.4, -0.2) is 25.2 Å². The largest absolute Gasteiger partial charge is 0.305 e. The van der Waals surface area contributed by atoms with E-state index in [-0.39, 0.29) is 11.1 Å². The molecule has 3 rings (SSSR count). The smallest absolute Gasteiger partial charge is 0.269 e. The van der Waals surface area contributed by atoms with E-state index in [0.717, 1.165) is 10.7 Å². The maximum atomic E-state index is 10.6. The second-order valence-electron chi connectivity index (χ2n) is 4.14. The predicted molar refractivity (Wildman–Crippen MR) is 75.9 cm³/mol. The molecule has 1 aliphatic heterocycles. The fraction of sp³-hybridized carbons (Fsp3) is 0.167. The number of nitrogens with zero attached hydrogens (tertiary/aromatic N) is 4. The molecular formula is C12H11N5O2S. The number of benzene rings is 1. The number of non-ortho nitro benzene ring substituents is 1. The fourth-order valence-corrected chi connectivity index (χ4v) is 2.86. The molecule has 7 nitrogen and oxygen atoms in total. The van der Waals surface area contributed by atoms with Crippen LogP contribution in [0, 0.1) is 10.1 Å². The van der Waals surface area contributed by atoms with Crippen LogP contribution < -0.4 is 5.43 Å². The van der Waals surface area contributed by atoms with Crippen molar-refractivity contribution in [1.82, 2.24) is 14.9 Å². The Bertz CT molecular complexity index is 680. The van der Waals surface area contributed by atoms with Crippen LogP contribution in [0.4, 0.5) is 5.69 Å². The first kappa shape index (κ1) is 12.7. The van der Waals surface area contributed by atoms with Gasteiger partial charge in [0.15, 0.2) is 5.82 Å². The van der Waals surface area contributed by atoms with Gasteiger partial charge in [0.1, 0.15) is 5.37 Å². The number of nitro benzene ring substituents is 1. The van der Waals surface area contributed by atoms with Gasteiger partial charge in [0.2, 0.25) is 5.16 Å². The van der Waals surface area contributed by atoms with Gasteiger partial charge in [-0.25, -0.2) is 4.68 Å². The molecule has 20 heavy (non-hydrogen) atoms. The van der Waals surface area contributed by atoms with Crippen LogP contribution in [0.25, 0.3) is 11.4 Å². The maximum absolute atomic E-state index is 10.6. The molecule has 0 aliphatic carbocycles. The van der Waals surface area contributed by atoms with Gasteiger partial charge >= 0.3 is 0 Å². The van der Waals surface area contributed by atoms with Crippen molar-refractivity contribution in [2.45, 2.75) is 17.5 Å². The van der Waals surface area contributed by atoms with Gasteiger partial charge in [-0.3, -0.25) is 10.1 Å². The first-order chi connectivity index (χ1) is 9.69. The minimum Gasteiger partial charge on any atom is -0.305 e. The summed E-state index contributed by atoms with van der Waals surface area (Å²) >= 11 is 1.57. The lowest BCUT2D eigenvalue weighted by Gasteiger charge is -2.07. The molecule has 0 saturated carbocycles. The highest BCUT2D eigenvalue weighted by molar-refractivity contribution is 8.00. The van der Waals surface area contributed by atoms with Crippen molar-refractivity contribution >= 4 is 17.4 Å². The van der Waals surface area contributed by atoms with Gasteiger partial charge in [0.05, 0.1) is 4.92 Å². The zero-order chi connectivity index (χ0) is 14.1. The second-order valence-corrected chi connectivity index (χ2v) is 5.25. The molecule has 1 aliphatic rings. The first-order valence-corrected chi connectivity index (χ1v) is 6.83. The van der Waals surface area contributed by atoms with Gasteiger partial charge in [-0.15, -0.1) is 10.2 Å². The molecule has 1 unspecified atom stereocenters. The van der Waals surface area contributed by atoms with Crippen LogP contribution in [0.2, 0.25) is 0 Å². The Morgan fingerprint density at radius 1 is 1.40 bits per heavy atom. The Balaban J connectivity index is 1.91. The molecule has 2 aromatic rings. The predicted octanol–water partition coefficient (Wildman–Crippen LogP) is 2.40. The third-order valence-electron chi connectivity index (χ3n) is 2.83. The van der Waals surface area contributed by atoms with Crippen molar-refractivity contribution < 1.29 is 4.92 Å². The summed E-state index contributed by atoms with van der Waals surface area (Å²) in [5.74, 6) is 0.648. The Kier molecular flexibility index (Phi) is 3.15. The van der Waals surface area contributed by atoms with E-state index in [1.165, 1.54) is 12.1 Å². The summed E-state index contributed by atoms with van der Waals surface area (Å²) in [4.78, 5) is 10.2. The molecule has 1 aromatic carbocycles. The number of fused-ring (bicyclic) bond motifs is 1. The summed E-state index contributed by atoms with van der Waals surface area (Å²) < 4.78 is 1.80. The van der Waals surface area contributed by atoms with E-state index in [1.54, 1.807) is 28.6 Å². The highest BCUT2D eigenvalue weighted by Crippen LogP contribution is 2.32. The summed E-state index contributed by atoms with van der Waals surface area (Å²) in [7, 11) is 0. The molecular weight excluding hydrogens is 278 g/mol. The third kappa shape index (κ3) is 2.14. The molecule has 1 atom stereocenters. The number of rotatable bonds is 3. The number of nitro groups is 1. The lowest BCUT2D eigenvalue weighted by atomic mass is 10.2. The van der Waals surface area contributed by atoms with E-state index >= 15 is 0 Å². The van der Waals surface area contributed by atoms with Crippen LogP contribution in [0.15, 0.2) is 41.6 Å².